The molecule has 5 aromatic carbocycles. The van der Waals surface area contributed by atoms with Crippen molar-refractivity contribution >= 4 is 58.8 Å². The van der Waals surface area contributed by atoms with Crippen molar-refractivity contribution in [2.45, 2.75) is 30.5 Å². The van der Waals surface area contributed by atoms with Crippen molar-refractivity contribution < 1.29 is 51.7 Å². The van der Waals surface area contributed by atoms with Crippen molar-refractivity contribution in [3.05, 3.63) is 154 Å². The van der Waals surface area contributed by atoms with Gasteiger partial charge in [0.05, 0.1) is 48.8 Å². The first-order valence-corrected chi connectivity index (χ1v) is 20.5. The fraction of sp³-hybridized carbons (Fsp3) is 0.224. The Morgan fingerprint density at radius 2 is 1.49 bits per heavy atom. The number of fused-ring (bicyclic) bond motifs is 4. The predicted octanol–water partition coefficient (Wildman–Crippen LogP) is 9.50. The second kappa shape index (κ2) is 15.8. The molecule has 0 spiro atoms. The molecule has 0 aromatic heterocycles. The number of ether oxygens (including phenoxy) is 3. The van der Waals surface area contributed by atoms with E-state index in [1.165, 1.54) is 6.07 Å². The number of benzene rings is 5. The molecular formula is C49H38ClF3N2O8. The number of allylic oxidation sites excluding steroid dienone is 2. The van der Waals surface area contributed by atoms with Gasteiger partial charge in [0.25, 0.3) is 0 Å². The van der Waals surface area contributed by atoms with Gasteiger partial charge >= 0.3 is 6.36 Å². The summed E-state index contributed by atoms with van der Waals surface area (Å²) in [6.07, 6.45) is 0.341. The highest BCUT2D eigenvalue weighted by Gasteiger charge is 2.70. The van der Waals surface area contributed by atoms with Crippen LogP contribution < -0.4 is 24.0 Å². The van der Waals surface area contributed by atoms with Gasteiger partial charge in [0.1, 0.15) is 23.0 Å². The number of anilines is 2. The van der Waals surface area contributed by atoms with Crippen molar-refractivity contribution in [1.29, 1.82) is 0 Å². The monoisotopic (exact) mass is 874 g/mol. The summed E-state index contributed by atoms with van der Waals surface area (Å²) in [7, 11) is 3.13. The molecule has 6 atom stereocenters. The number of carbonyl (C=O) groups excluding carboxylic acids is 4. The third-order valence-corrected chi connectivity index (χ3v) is 13.0. The molecule has 2 saturated heterocycles. The normalized spacial score (nSPS) is 24.3. The summed E-state index contributed by atoms with van der Waals surface area (Å²) in [5.74, 6) is -7.31. The molecule has 1 N–H and O–H groups in total. The summed E-state index contributed by atoms with van der Waals surface area (Å²) < 4.78 is 56.3. The van der Waals surface area contributed by atoms with Gasteiger partial charge in [-0.05, 0) is 96.6 Å². The number of nitrogens with zero attached hydrogens (tertiary/aromatic N) is 2. The number of imide groups is 2. The largest absolute Gasteiger partial charge is 0.573 e. The van der Waals surface area contributed by atoms with Crippen LogP contribution in [0.5, 0.6) is 23.0 Å². The summed E-state index contributed by atoms with van der Waals surface area (Å²) >= 11 is 6.38. The number of phenolic OH excluding ortho intramolecular Hbond substituents is 1. The molecule has 10 nitrogen and oxygen atoms in total. The quantitative estimate of drug-likeness (QED) is 0.0884. The van der Waals surface area contributed by atoms with Crippen molar-refractivity contribution in [2.75, 3.05) is 24.0 Å². The highest BCUT2D eigenvalue weighted by atomic mass is 35.5. The number of alkyl halides is 3. The van der Waals surface area contributed by atoms with Crippen LogP contribution >= 0.6 is 11.6 Å². The number of methoxy groups -OCH3 is 2. The fourth-order valence-electron chi connectivity index (χ4n) is 10.2. The van der Waals surface area contributed by atoms with Gasteiger partial charge in [-0.15, -0.1) is 13.2 Å². The Hall–Kier alpha value is -6.86. The van der Waals surface area contributed by atoms with Crippen LogP contribution in [0, 0.1) is 23.7 Å². The van der Waals surface area contributed by atoms with Crippen molar-refractivity contribution in [1.82, 2.24) is 0 Å². The lowest BCUT2D eigenvalue weighted by molar-refractivity contribution is -0.274. The Bertz CT molecular complexity index is 2740. The first kappa shape index (κ1) is 41.5. The summed E-state index contributed by atoms with van der Waals surface area (Å²) in [4.78, 5) is 61.9. The Morgan fingerprint density at radius 3 is 2.19 bits per heavy atom. The van der Waals surface area contributed by atoms with Crippen molar-refractivity contribution in [3.8, 4) is 23.0 Å². The second-order valence-electron chi connectivity index (χ2n) is 15.9. The number of halogens is 4. The van der Waals surface area contributed by atoms with E-state index in [9.17, 15) is 27.9 Å². The zero-order valence-corrected chi connectivity index (χ0v) is 34.5. The number of hydrogen-bond donors (Lipinski definition) is 1. The van der Waals surface area contributed by atoms with E-state index in [2.05, 4.69) is 4.74 Å². The van der Waals surface area contributed by atoms with Gasteiger partial charge in [-0.1, -0.05) is 83.9 Å². The highest BCUT2D eigenvalue weighted by Crippen LogP contribution is 2.65. The Morgan fingerprint density at radius 1 is 0.746 bits per heavy atom. The Labute approximate surface area is 364 Å². The maximum absolute atomic E-state index is 15.5. The zero-order chi connectivity index (χ0) is 44.4. The van der Waals surface area contributed by atoms with E-state index in [0.717, 1.165) is 39.1 Å². The predicted molar refractivity (Wildman–Crippen MR) is 228 cm³/mol. The summed E-state index contributed by atoms with van der Waals surface area (Å²) in [5, 5.41) is 11.9. The first-order valence-electron chi connectivity index (χ1n) is 20.1. The van der Waals surface area contributed by atoms with E-state index in [1.807, 2.05) is 18.2 Å². The molecule has 9 rings (SSSR count). The molecule has 14 heteroatoms. The van der Waals surface area contributed by atoms with Crippen molar-refractivity contribution in [3.63, 3.8) is 0 Å². The zero-order valence-electron chi connectivity index (χ0n) is 33.7. The van der Waals surface area contributed by atoms with Crippen LogP contribution in [0.1, 0.15) is 41.0 Å². The lowest BCUT2D eigenvalue weighted by Crippen LogP contribution is -2.53. The summed E-state index contributed by atoms with van der Waals surface area (Å²) in [6, 6.07) is 29.9. The van der Waals surface area contributed by atoms with E-state index in [-0.39, 0.29) is 29.1 Å². The average molecular weight is 875 g/mol. The van der Waals surface area contributed by atoms with Crippen LogP contribution in [0.15, 0.2) is 127 Å². The van der Waals surface area contributed by atoms with Crippen molar-refractivity contribution in [2.24, 2.45) is 23.7 Å². The van der Waals surface area contributed by atoms with Gasteiger partial charge in [-0.25, -0.2) is 4.90 Å². The Kier molecular flexibility index (Phi) is 10.4. The standard InChI is InChI=1S/C49H38ClF3N2O8/c1-61-33-18-22-41(62-2)28(23-33)14-11-27-12-15-31(16-13-27)54-44(57)36-20-19-35-37(42(36)46(54)59)26-39-45(58)55(32-10-6-9-30(50)24-32)47(60)48(39,29-7-4-3-5-8-29)43(35)38-25-34(17-21-40(38)56)63-49(51,52)53/h3-19,21-25,36-37,39,42-43,56H,20,26H2,1-2H3/t36-,37+,39-,42-,43+,48+/m0/s1. The number of amides is 4. The van der Waals surface area contributed by atoms with E-state index >= 15 is 9.59 Å². The van der Waals surface area contributed by atoms with Gasteiger partial charge in [0, 0.05) is 22.1 Å². The van der Waals surface area contributed by atoms with E-state index < -0.39 is 76.5 Å². The van der Waals surface area contributed by atoms with Crippen LogP contribution in [0.25, 0.3) is 12.2 Å². The smallest absolute Gasteiger partial charge is 0.508 e. The van der Waals surface area contributed by atoms with Crippen LogP contribution in [0.3, 0.4) is 0 Å². The molecule has 0 bridgehead atoms. The molecule has 1 saturated carbocycles. The van der Waals surface area contributed by atoms with E-state index in [0.29, 0.717) is 28.3 Å². The molecule has 4 aliphatic rings. The van der Waals surface area contributed by atoms with Crippen LogP contribution in [-0.2, 0) is 24.6 Å². The third kappa shape index (κ3) is 6.91. The molecule has 63 heavy (non-hydrogen) atoms. The molecule has 3 fully saturated rings. The topological polar surface area (TPSA) is 123 Å². The molecule has 0 radical (unpaired) electrons. The van der Waals surface area contributed by atoms with Gasteiger partial charge in [-0.3, -0.25) is 24.1 Å². The summed E-state index contributed by atoms with van der Waals surface area (Å²) in [5.41, 5.74) is 0.909. The molecule has 4 amide bonds. The number of carbonyl (C=O) groups is 4. The third-order valence-electron chi connectivity index (χ3n) is 12.8. The summed E-state index contributed by atoms with van der Waals surface area (Å²) in [6.45, 7) is 0. The van der Waals surface area contributed by atoms with Crippen LogP contribution in [0.2, 0.25) is 5.02 Å². The molecule has 0 unspecified atom stereocenters. The number of rotatable bonds is 9. The fourth-order valence-corrected chi connectivity index (χ4v) is 10.4. The number of aromatic hydroxyl groups is 1. The second-order valence-corrected chi connectivity index (χ2v) is 16.3. The van der Waals surface area contributed by atoms with Gasteiger partial charge in [-0.2, -0.15) is 0 Å². The van der Waals surface area contributed by atoms with Gasteiger partial charge in [0.2, 0.25) is 23.6 Å². The molecule has 2 heterocycles. The number of hydrogen-bond acceptors (Lipinski definition) is 8. The van der Waals surface area contributed by atoms with Gasteiger partial charge < -0.3 is 19.3 Å². The van der Waals surface area contributed by atoms with Crippen LogP contribution in [0.4, 0.5) is 24.5 Å². The molecule has 5 aromatic rings. The minimum atomic E-state index is -5.10. The molecule has 2 aliphatic heterocycles. The molecule has 320 valence electrons. The minimum absolute atomic E-state index is 0.0481. The SMILES string of the molecule is COc1ccc(OC)c(C=Cc2ccc(N3C(=O)[C@H]4[C@H](CC=C5[C@H]4C[C@H]4C(=O)N(c6cccc(Cl)c6)C(=O)[C@@]4(c4ccccc4)[C@H]5c4cc(OC(F)(F)F)ccc4O)C3=O)cc2)c1. The van der Waals surface area contributed by atoms with Crippen LogP contribution in [-0.4, -0.2) is 49.3 Å². The molecular weight excluding hydrogens is 837 g/mol. The maximum atomic E-state index is 15.5. The van der Waals surface area contributed by atoms with E-state index in [1.54, 1.807) is 105 Å². The van der Waals surface area contributed by atoms with Gasteiger partial charge in [0.15, 0.2) is 0 Å². The lowest BCUT2D eigenvalue weighted by Gasteiger charge is -2.50. The molecule has 2 aliphatic carbocycles. The average Bonchev–Trinajstić information content (AvgIpc) is 3.66. The van der Waals surface area contributed by atoms with E-state index in [4.69, 9.17) is 21.1 Å². The highest BCUT2D eigenvalue weighted by molar-refractivity contribution is 6.32. The first-order chi connectivity index (χ1) is 30.2. The minimum Gasteiger partial charge on any atom is -0.508 e. The maximum Gasteiger partial charge on any atom is 0.573 e. The lowest BCUT2D eigenvalue weighted by atomic mass is 9.49. The number of phenols is 1. The Balaban J connectivity index is 1.14.